The van der Waals surface area contributed by atoms with Gasteiger partial charge in [-0.05, 0) is 24.1 Å². The van der Waals surface area contributed by atoms with Crippen molar-refractivity contribution in [2.75, 3.05) is 12.5 Å². The lowest BCUT2D eigenvalue weighted by Crippen LogP contribution is -2.46. The lowest BCUT2D eigenvalue weighted by molar-refractivity contribution is -0.142. The predicted molar refractivity (Wildman–Crippen MR) is 65.2 cm³/mol. The number of aliphatic carboxylic acids is 1. The Bertz CT molecular complexity index is 637. The molecule has 1 fully saturated rings. The lowest BCUT2D eigenvalue weighted by Gasteiger charge is -2.30. The minimum atomic E-state index is -4.41. The van der Waals surface area contributed by atoms with Crippen molar-refractivity contribution in [2.45, 2.75) is 10.9 Å². The summed E-state index contributed by atoms with van der Waals surface area (Å²) >= 11 is 0.596. The Balaban J connectivity index is 2.45. The molecule has 2 rings (SSSR count). The summed E-state index contributed by atoms with van der Waals surface area (Å²) in [6.45, 7) is -0.343. The fraction of sp³-hybridized carbons (Fsp3) is 0.300. The van der Waals surface area contributed by atoms with E-state index < -0.39 is 38.6 Å². The molecule has 0 saturated carbocycles. The Kier molecular flexibility index (Phi) is 4.28. The second kappa shape index (κ2) is 5.64. The maximum absolute atomic E-state index is 13.6. The summed E-state index contributed by atoms with van der Waals surface area (Å²) < 4.78 is 56.4. The van der Waals surface area contributed by atoms with Crippen LogP contribution in [-0.2, 0) is 19.6 Å². The third-order valence-corrected chi connectivity index (χ3v) is 5.79. The van der Waals surface area contributed by atoms with Crippen molar-refractivity contribution in [1.82, 2.24) is 3.71 Å². The predicted octanol–water partition coefficient (Wildman–Crippen LogP) is 1.04. The van der Waals surface area contributed by atoms with Crippen LogP contribution in [0.25, 0.3) is 0 Å². The molecular formula is C10H9F2NO5S2. The van der Waals surface area contributed by atoms with E-state index in [-0.39, 0.29) is 12.5 Å². The van der Waals surface area contributed by atoms with E-state index in [4.69, 9.17) is 9.84 Å². The molecule has 110 valence electrons. The smallest absolute Gasteiger partial charge is 0.325 e. The Morgan fingerprint density at radius 3 is 2.75 bits per heavy atom. The van der Waals surface area contributed by atoms with Gasteiger partial charge in [-0.1, -0.05) is 0 Å². The van der Waals surface area contributed by atoms with E-state index in [0.717, 1.165) is 12.1 Å². The molecule has 0 spiro atoms. The molecule has 6 nitrogen and oxygen atoms in total. The molecule has 0 aliphatic carbocycles. The van der Waals surface area contributed by atoms with Crippen LogP contribution in [0.3, 0.4) is 0 Å². The summed E-state index contributed by atoms with van der Waals surface area (Å²) in [5.41, 5.74) is 0. The number of rotatable bonds is 3. The van der Waals surface area contributed by atoms with Crippen LogP contribution in [0.1, 0.15) is 0 Å². The maximum Gasteiger partial charge on any atom is 0.325 e. The molecule has 0 amide bonds. The first-order valence-electron chi connectivity index (χ1n) is 5.27. The number of halogens is 2. The molecule has 0 aromatic heterocycles. The van der Waals surface area contributed by atoms with E-state index in [1.165, 1.54) is 0 Å². The minimum Gasteiger partial charge on any atom is -0.480 e. The Morgan fingerprint density at radius 2 is 2.15 bits per heavy atom. The van der Waals surface area contributed by atoms with Crippen molar-refractivity contribution < 1.29 is 31.8 Å². The maximum atomic E-state index is 13.6. The van der Waals surface area contributed by atoms with E-state index in [1.54, 1.807) is 0 Å². The highest BCUT2D eigenvalue weighted by Crippen LogP contribution is 2.31. The molecule has 1 atom stereocenters. The van der Waals surface area contributed by atoms with Crippen LogP contribution in [0, 0.1) is 11.6 Å². The van der Waals surface area contributed by atoms with Crippen LogP contribution >= 0.6 is 11.9 Å². The van der Waals surface area contributed by atoms with E-state index >= 15 is 0 Å². The molecule has 1 unspecified atom stereocenters. The van der Waals surface area contributed by atoms with Crippen LogP contribution in [0.2, 0.25) is 0 Å². The van der Waals surface area contributed by atoms with Gasteiger partial charge in [-0.15, -0.1) is 3.71 Å². The van der Waals surface area contributed by atoms with E-state index in [9.17, 15) is 22.0 Å². The fourth-order valence-electron chi connectivity index (χ4n) is 1.58. The van der Waals surface area contributed by atoms with E-state index in [2.05, 4.69) is 0 Å². The average molecular weight is 325 g/mol. The van der Waals surface area contributed by atoms with Gasteiger partial charge in [0.05, 0.1) is 6.61 Å². The standard InChI is InChI=1S/C10H9F2NO5S2/c11-6-1-2-9(7(12)3-6)20(16,17)13-8(10(14)15)4-18-5-19-13/h1-3,8H,4-5H2,(H,14,15). The van der Waals surface area contributed by atoms with Crippen molar-refractivity contribution in [3.63, 3.8) is 0 Å². The fourth-order valence-corrected chi connectivity index (χ4v) is 4.34. The number of hydrogen-bond acceptors (Lipinski definition) is 5. The van der Waals surface area contributed by atoms with Crippen molar-refractivity contribution in [1.29, 1.82) is 0 Å². The van der Waals surface area contributed by atoms with Crippen molar-refractivity contribution in [3.8, 4) is 0 Å². The number of carboxylic acid groups (broad SMARTS) is 1. The van der Waals surface area contributed by atoms with Gasteiger partial charge < -0.3 is 9.84 Å². The molecule has 1 N–H and O–H groups in total. The number of sulfonamides is 1. The first kappa shape index (κ1) is 15.2. The zero-order valence-corrected chi connectivity index (χ0v) is 11.5. The molecular weight excluding hydrogens is 316 g/mol. The molecule has 1 aliphatic rings. The molecule has 0 bridgehead atoms. The van der Waals surface area contributed by atoms with Crippen LogP contribution in [0.15, 0.2) is 23.1 Å². The summed E-state index contributed by atoms with van der Waals surface area (Å²) in [6, 6.07) is 0.503. The van der Waals surface area contributed by atoms with E-state index in [1.807, 2.05) is 0 Å². The largest absolute Gasteiger partial charge is 0.480 e. The summed E-state index contributed by atoms with van der Waals surface area (Å²) in [6.07, 6.45) is 0. The second-order valence-corrected chi connectivity index (χ2v) is 6.71. The van der Waals surface area contributed by atoms with E-state index in [0.29, 0.717) is 21.7 Å². The minimum absolute atomic E-state index is 0.0776. The SMILES string of the molecule is O=C(O)C1COCSN1S(=O)(=O)c1ccc(F)cc1F. The monoisotopic (exact) mass is 325 g/mol. The summed E-state index contributed by atoms with van der Waals surface area (Å²) in [5.74, 6) is -3.69. The highest BCUT2D eigenvalue weighted by atomic mass is 32.3. The molecule has 1 heterocycles. The van der Waals surface area contributed by atoms with Crippen LogP contribution in [-0.4, -0.2) is 41.8 Å². The van der Waals surface area contributed by atoms with Gasteiger partial charge in [0.15, 0.2) is 6.04 Å². The number of benzene rings is 1. The number of hydrogen-bond donors (Lipinski definition) is 1. The quantitative estimate of drug-likeness (QED) is 0.836. The Labute approximate surface area is 117 Å². The summed E-state index contributed by atoms with van der Waals surface area (Å²) in [4.78, 5) is 10.3. The number of carbonyl (C=O) groups is 1. The van der Waals surface area contributed by atoms with Crippen molar-refractivity contribution in [2.24, 2.45) is 0 Å². The van der Waals surface area contributed by atoms with Gasteiger partial charge >= 0.3 is 5.97 Å². The van der Waals surface area contributed by atoms with Gasteiger partial charge in [-0.25, -0.2) is 17.2 Å². The number of ether oxygens (including phenoxy) is 1. The first-order valence-corrected chi connectivity index (χ1v) is 7.65. The van der Waals surface area contributed by atoms with Gasteiger partial charge in [0.1, 0.15) is 22.5 Å². The molecule has 0 radical (unpaired) electrons. The first-order chi connectivity index (χ1) is 9.34. The molecule has 1 saturated heterocycles. The van der Waals surface area contributed by atoms with Gasteiger partial charge in [-0.2, -0.15) is 0 Å². The van der Waals surface area contributed by atoms with Gasteiger partial charge in [0.25, 0.3) is 10.0 Å². The van der Waals surface area contributed by atoms with Crippen LogP contribution < -0.4 is 0 Å². The zero-order chi connectivity index (χ0) is 14.9. The molecule has 10 heteroatoms. The van der Waals surface area contributed by atoms with Crippen molar-refractivity contribution >= 4 is 27.9 Å². The summed E-state index contributed by atoms with van der Waals surface area (Å²) in [5, 5.41) is 8.98. The highest BCUT2D eigenvalue weighted by molar-refractivity contribution is 8.08. The van der Waals surface area contributed by atoms with Crippen LogP contribution in [0.5, 0.6) is 0 Å². The second-order valence-electron chi connectivity index (χ2n) is 3.81. The normalized spacial score (nSPS) is 20.8. The number of carboxylic acids is 1. The zero-order valence-electron chi connectivity index (χ0n) is 9.82. The molecule has 1 aromatic carbocycles. The highest BCUT2D eigenvalue weighted by Gasteiger charge is 2.40. The molecule has 20 heavy (non-hydrogen) atoms. The Hall–Kier alpha value is -1.23. The van der Waals surface area contributed by atoms with Crippen LogP contribution in [0.4, 0.5) is 8.78 Å². The lowest BCUT2D eigenvalue weighted by atomic mass is 10.3. The average Bonchev–Trinajstić information content (AvgIpc) is 2.38. The van der Waals surface area contributed by atoms with Gasteiger partial charge in [0, 0.05) is 6.07 Å². The Morgan fingerprint density at radius 1 is 1.45 bits per heavy atom. The third kappa shape index (κ3) is 2.77. The molecule has 1 aromatic rings. The van der Waals surface area contributed by atoms with Gasteiger partial charge in [0.2, 0.25) is 0 Å². The number of nitrogens with zero attached hydrogens (tertiary/aromatic N) is 1. The van der Waals surface area contributed by atoms with Gasteiger partial charge in [-0.3, -0.25) is 4.79 Å². The summed E-state index contributed by atoms with van der Waals surface area (Å²) in [7, 11) is -4.41. The van der Waals surface area contributed by atoms with Crippen molar-refractivity contribution in [3.05, 3.63) is 29.8 Å². The molecule has 1 aliphatic heterocycles. The topological polar surface area (TPSA) is 83.9 Å². The third-order valence-electron chi connectivity index (χ3n) is 2.49.